The van der Waals surface area contributed by atoms with Crippen LogP contribution in [0.25, 0.3) is 10.9 Å². The highest BCUT2D eigenvalue weighted by molar-refractivity contribution is 8.14. The molecule has 1 aromatic carbocycles. The van der Waals surface area contributed by atoms with Crippen molar-refractivity contribution in [2.45, 2.75) is 6.54 Å². The first-order valence-electron chi connectivity index (χ1n) is 6.04. The molecule has 0 atom stereocenters. The maximum absolute atomic E-state index is 12.1. The average Bonchev–Trinajstić information content (AvgIpc) is 2.95. The number of hydrogen-bond donors (Lipinski definition) is 1. The highest BCUT2D eigenvalue weighted by Gasteiger charge is 2.13. The van der Waals surface area contributed by atoms with Crippen molar-refractivity contribution in [3.63, 3.8) is 0 Å². The molecule has 1 aromatic heterocycles. The summed E-state index contributed by atoms with van der Waals surface area (Å²) in [7, 11) is 0. The monoisotopic (exact) mass is 289 g/mol. The van der Waals surface area contributed by atoms with Crippen LogP contribution >= 0.6 is 11.8 Å². The van der Waals surface area contributed by atoms with Crippen LogP contribution in [-0.2, 0) is 11.3 Å². The van der Waals surface area contributed by atoms with E-state index < -0.39 is 0 Å². The molecule has 0 radical (unpaired) electrons. The molecule has 1 aliphatic heterocycles. The molecule has 0 unspecified atom stereocenters. The van der Waals surface area contributed by atoms with Crippen LogP contribution in [0.2, 0.25) is 0 Å². The van der Waals surface area contributed by atoms with E-state index in [0.29, 0.717) is 22.6 Å². The van der Waals surface area contributed by atoms with Crippen molar-refractivity contribution in [1.82, 2.24) is 20.3 Å². The number of nitrogens with one attached hydrogen (secondary N) is 1. The molecule has 0 saturated heterocycles. The predicted octanol–water partition coefficient (Wildman–Crippen LogP) is 0.0105. The zero-order valence-electron chi connectivity index (χ0n) is 10.4. The molecule has 2 aromatic rings. The minimum absolute atomic E-state index is 0.170. The molecule has 3 rings (SSSR count). The molecule has 1 N–H and O–H groups in total. The maximum atomic E-state index is 12.1. The summed E-state index contributed by atoms with van der Waals surface area (Å²) in [6, 6.07) is 6.90. The highest BCUT2D eigenvalue weighted by Crippen LogP contribution is 2.08. The number of hydrogen-bond acceptors (Lipinski definition) is 6. The molecule has 102 valence electrons. The van der Waals surface area contributed by atoms with Crippen molar-refractivity contribution >= 4 is 33.7 Å². The summed E-state index contributed by atoms with van der Waals surface area (Å²) in [6.07, 6.45) is 0. The number of fused-ring (bicyclic) bond motifs is 1. The van der Waals surface area contributed by atoms with Gasteiger partial charge in [0.2, 0.25) is 5.91 Å². The van der Waals surface area contributed by atoms with E-state index in [1.54, 1.807) is 24.3 Å². The number of carbonyl (C=O) groups excluding carboxylic acids is 1. The first-order chi connectivity index (χ1) is 9.74. The van der Waals surface area contributed by atoms with Crippen molar-refractivity contribution in [2.75, 3.05) is 12.3 Å². The third-order valence-corrected chi connectivity index (χ3v) is 3.65. The Labute approximate surface area is 118 Å². The summed E-state index contributed by atoms with van der Waals surface area (Å²) >= 11 is 1.48. The van der Waals surface area contributed by atoms with Crippen LogP contribution in [0.3, 0.4) is 0 Å². The standard InChI is InChI=1S/C12H11N5O2S/c18-10(14-12-13-5-6-20-12)7-17-11(19)8-3-1-2-4-9(8)15-16-17/h1-4H,5-7H2,(H,13,14,18). The Morgan fingerprint density at radius 1 is 1.40 bits per heavy atom. The van der Waals surface area contributed by atoms with Crippen LogP contribution in [0, 0.1) is 0 Å². The first kappa shape index (κ1) is 12.8. The zero-order valence-corrected chi connectivity index (χ0v) is 11.3. The van der Waals surface area contributed by atoms with E-state index in [2.05, 4.69) is 20.6 Å². The molecule has 1 amide bonds. The van der Waals surface area contributed by atoms with Gasteiger partial charge in [0, 0.05) is 5.75 Å². The number of benzene rings is 1. The van der Waals surface area contributed by atoms with Gasteiger partial charge in [0.15, 0.2) is 5.17 Å². The number of rotatable bonds is 2. The fourth-order valence-corrected chi connectivity index (χ4v) is 2.58. The van der Waals surface area contributed by atoms with Gasteiger partial charge in [-0.15, -0.1) is 5.10 Å². The lowest BCUT2D eigenvalue weighted by Crippen LogP contribution is -2.36. The molecule has 20 heavy (non-hydrogen) atoms. The summed E-state index contributed by atoms with van der Waals surface area (Å²) in [5.74, 6) is 0.538. The Kier molecular flexibility index (Phi) is 3.46. The number of amides is 1. The molecular weight excluding hydrogens is 278 g/mol. The molecule has 0 bridgehead atoms. The van der Waals surface area contributed by atoms with E-state index in [-0.39, 0.29) is 18.0 Å². The zero-order chi connectivity index (χ0) is 13.9. The van der Waals surface area contributed by atoms with E-state index in [4.69, 9.17) is 0 Å². The van der Waals surface area contributed by atoms with Crippen molar-refractivity contribution in [2.24, 2.45) is 4.99 Å². The van der Waals surface area contributed by atoms with Crippen LogP contribution in [0.4, 0.5) is 0 Å². The number of nitrogens with zero attached hydrogens (tertiary/aromatic N) is 4. The van der Waals surface area contributed by atoms with Gasteiger partial charge < -0.3 is 5.32 Å². The molecule has 0 spiro atoms. The molecule has 1 aliphatic rings. The Bertz CT molecular complexity index is 755. The second kappa shape index (κ2) is 5.41. The second-order valence-electron chi connectivity index (χ2n) is 4.15. The van der Waals surface area contributed by atoms with Gasteiger partial charge in [-0.3, -0.25) is 14.6 Å². The van der Waals surface area contributed by atoms with Crippen molar-refractivity contribution in [3.8, 4) is 0 Å². The fourth-order valence-electron chi connectivity index (χ4n) is 1.83. The number of carbonyl (C=O) groups is 1. The van der Waals surface area contributed by atoms with E-state index in [1.807, 2.05) is 0 Å². The largest absolute Gasteiger partial charge is 0.304 e. The van der Waals surface area contributed by atoms with E-state index in [1.165, 1.54) is 11.8 Å². The highest BCUT2D eigenvalue weighted by atomic mass is 32.2. The van der Waals surface area contributed by atoms with Crippen LogP contribution in [0.15, 0.2) is 34.1 Å². The third-order valence-electron chi connectivity index (χ3n) is 2.75. The average molecular weight is 289 g/mol. The summed E-state index contributed by atoms with van der Waals surface area (Å²) in [5, 5.41) is 11.4. The van der Waals surface area contributed by atoms with Gasteiger partial charge in [-0.1, -0.05) is 29.1 Å². The molecule has 8 heteroatoms. The van der Waals surface area contributed by atoms with Crippen LogP contribution < -0.4 is 10.9 Å². The smallest absolute Gasteiger partial charge is 0.278 e. The molecule has 2 heterocycles. The Hall–Kier alpha value is -2.22. The normalized spacial score (nSPS) is 14.3. The minimum Gasteiger partial charge on any atom is -0.304 e. The summed E-state index contributed by atoms with van der Waals surface area (Å²) in [6.45, 7) is 0.534. The Morgan fingerprint density at radius 3 is 3.05 bits per heavy atom. The second-order valence-corrected chi connectivity index (χ2v) is 5.24. The van der Waals surface area contributed by atoms with Gasteiger partial charge in [-0.25, -0.2) is 4.68 Å². The number of amidine groups is 1. The summed E-state index contributed by atoms with van der Waals surface area (Å²) < 4.78 is 1.05. The topological polar surface area (TPSA) is 89.2 Å². The van der Waals surface area contributed by atoms with Crippen LogP contribution in [-0.4, -0.2) is 38.4 Å². The fraction of sp³-hybridized carbons (Fsp3) is 0.250. The Balaban J connectivity index is 1.82. The third kappa shape index (κ3) is 2.55. The lowest BCUT2D eigenvalue weighted by molar-refractivity contribution is -0.120. The molecular formula is C12H11N5O2S. The van der Waals surface area contributed by atoms with E-state index >= 15 is 0 Å². The van der Waals surface area contributed by atoms with Gasteiger partial charge in [-0.2, -0.15) is 0 Å². The molecule has 0 saturated carbocycles. The number of aliphatic imine (C=N–C) groups is 1. The van der Waals surface area contributed by atoms with Gasteiger partial charge in [0.05, 0.1) is 11.9 Å². The van der Waals surface area contributed by atoms with Crippen LogP contribution in [0.1, 0.15) is 0 Å². The molecule has 0 aliphatic carbocycles. The van der Waals surface area contributed by atoms with Gasteiger partial charge >= 0.3 is 0 Å². The quantitative estimate of drug-likeness (QED) is 0.841. The maximum Gasteiger partial charge on any atom is 0.278 e. The van der Waals surface area contributed by atoms with Gasteiger partial charge in [0.25, 0.3) is 5.56 Å². The summed E-state index contributed by atoms with van der Waals surface area (Å²) in [5.41, 5.74) is 0.191. The first-order valence-corrected chi connectivity index (χ1v) is 7.02. The number of thioether (sulfide) groups is 1. The van der Waals surface area contributed by atoms with Crippen molar-refractivity contribution in [1.29, 1.82) is 0 Å². The van der Waals surface area contributed by atoms with Crippen molar-refractivity contribution in [3.05, 3.63) is 34.6 Å². The van der Waals surface area contributed by atoms with E-state index in [9.17, 15) is 9.59 Å². The lowest BCUT2D eigenvalue weighted by Gasteiger charge is -2.05. The van der Waals surface area contributed by atoms with Crippen LogP contribution in [0.5, 0.6) is 0 Å². The number of aromatic nitrogens is 3. The lowest BCUT2D eigenvalue weighted by atomic mass is 10.2. The van der Waals surface area contributed by atoms with E-state index in [0.717, 1.165) is 10.4 Å². The van der Waals surface area contributed by atoms with Crippen molar-refractivity contribution < 1.29 is 4.79 Å². The van der Waals surface area contributed by atoms with Gasteiger partial charge in [0.1, 0.15) is 12.1 Å². The molecule has 7 nitrogen and oxygen atoms in total. The molecule has 0 fully saturated rings. The van der Waals surface area contributed by atoms with Gasteiger partial charge in [-0.05, 0) is 12.1 Å². The summed E-state index contributed by atoms with van der Waals surface area (Å²) in [4.78, 5) is 28.1. The predicted molar refractivity (Wildman–Crippen MR) is 76.7 cm³/mol. The SMILES string of the molecule is O=C(Cn1nnc2ccccc2c1=O)NC1=NCCS1. The minimum atomic E-state index is -0.329. The Morgan fingerprint density at radius 2 is 2.25 bits per heavy atom.